The standard InChI is InChI=1S/C17H14N2O2S/c1-11-4-5-15-12(7-11)8-13-9-19(10-14-3-2-6-22-14)17(20)21-16(13)18-15/h2-8H,9-10H2,1H3. The Morgan fingerprint density at radius 3 is 3.05 bits per heavy atom. The highest BCUT2D eigenvalue weighted by atomic mass is 32.1. The number of amides is 1. The summed E-state index contributed by atoms with van der Waals surface area (Å²) in [6.07, 6.45) is -0.333. The van der Waals surface area contributed by atoms with Crippen molar-refractivity contribution in [3.05, 3.63) is 57.8 Å². The molecule has 0 radical (unpaired) electrons. The maximum Gasteiger partial charge on any atom is 0.417 e. The largest absolute Gasteiger partial charge is 0.417 e. The number of thiophene rings is 1. The Morgan fingerprint density at radius 2 is 2.23 bits per heavy atom. The molecule has 0 saturated carbocycles. The predicted octanol–water partition coefficient (Wildman–Crippen LogP) is 4.12. The lowest BCUT2D eigenvalue weighted by Crippen LogP contribution is -2.36. The molecule has 4 nitrogen and oxygen atoms in total. The van der Waals surface area contributed by atoms with Crippen molar-refractivity contribution in [3.8, 4) is 5.88 Å². The van der Waals surface area contributed by atoms with Gasteiger partial charge in [0, 0.05) is 15.8 Å². The van der Waals surface area contributed by atoms with E-state index >= 15 is 0 Å². The van der Waals surface area contributed by atoms with E-state index in [0.717, 1.165) is 21.3 Å². The van der Waals surface area contributed by atoms with Gasteiger partial charge in [0.1, 0.15) is 0 Å². The summed E-state index contributed by atoms with van der Waals surface area (Å²) in [6.45, 7) is 3.16. The molecule has 2 aromatic heterocycles. The van der Waals surface area contributed by atoms with E-state index in [9.17, 15) is 4.79 Å². The quantitative estimate of drug-likeness (QED) is 0.715. The van der Waals surface area contributed by atoms with E-state index in [1.807, 2.05) is 29.6 Å². The van der Waals surface area contributed by atoms with Gasteiger partial charge in [0.05, 0.1) is 18.6 Å². The second-order valence-electron chi connectivity index (χ2n) is 5.45. The average Bonchev–Trinajstić information content (AvgIpc) is 2.99. The lowest BCUT2D eigenvalue weighted by molar-refractivity contribution is 0.133. The van der Waals surface area contributed by atoms with Crippen LogP contribution in [-0.2, 0) is 13.1 Å². The minimum atomic E-state index is -0.333. The van der Waals surface area contributed by atoms with Crippen LogP contribution in [0, 0.1) is 6.92 Å². The molecule has 0 N–H and O–H groups in total. The molecule has 4 rings (SSSR count). The number of pyridine rings is 1. The van der Waals surface area contributed by atoms with Crippen LogP contribution in [0.4, 0.5) is 4.79 Å². The normalized spacial score (nSPS) is 14.0. The first-order chi connectivity index (χ1) is 10.7. The van der Waals surface area contributed by atoms with Crippen LogP contribution in [0.1, 0.15) is 16.0 Å². The number of fused-ring (bicyclic) bond motifs is 2. The monoisotopic (exact) mass is 310 g/mol. The Labute approximate surface area is 132 Å². The van der Waals surface area contributed by atoms with Crippen molar-refractivity contribution >= 4 is 28.3 Å². The lowest BCUT2D eigenvalue weighted by Gasteiger charge is -2.27. The Kier molecular flexibility index (Phi) is 3.08. The summed E-state index contributed by atoms with van der Waals surface area (Å²) in [6, 6.07) is 12.1. The summed E-state index contributed by atoms with van der Waals surface area (Å²) in [4.78, 5) is 19.5. The number of carbonyl (C=O) groups excluding carboxylic acids is 1. The first-order valence-corrected chi connectivity index (χ1v) is 7.96. The van der Waals surface area contributed by atoms with Gasteiger partial charge in [-0.1, -0.05) is 17.7 Å². The van der Waals surface area contributed by atoms with E-state index in [1.54, 1.807) is 16.2 Å². The van der Waals surface area contributed by atoms with Gasteiger partial charge in [-0.05, 0) is 36.6 Å². The summed E-state index contributed by atoms with van der Waals surface area (Å²) < 4.78 is 5.41. The van der Waals surface area contributed by atoms with E-state index in [4.69, 9.17) is 4.74 Å². The Morgan fingerprint density at radius 1 is 1.32 bits per heavy atom. The van der Waals surface area contributed by atoms with E-state index < -0.39 is 0 Å². The minimum Gasteiger partial charge on any atom is -0.391 e. The molecule has 1 aromatic carbocycles. The number of rotatable bonds is 2. The number of carbonyl (C=O) groups is 1. The summed E-state index contributed by atoms with van der Waals surface area (Å²) >= 11 is 1.64. The number of aromatic nitrogens is 1. The highest BCUT2D eigenvalue weighted by molar-refractivity contribution is 7.09. The van der Waals surface area contributed by atoms with Gasteiger partial charge in [-0.2, -0.15) is 0 Å². The first kappa shape index (κ1) is 13.3. The fraction of sp³-hybridized carbons (Fsp3) is 0.176. The van der Waals surface area contributed by atoms with Crippen LogP contribution >= 0.6 is 11.3 Å². The zero-order valence-corrected chi connectivity index (χ0v) is 12.9. The smallest absolute Gasteiger partial charge is 0.391 e. The molecule has 0 spiro atoms. The molecule has 0 atom stereocenters. The van der Waals surface area contributed by atoms with E-state index in [-0.39, 0.29) is 6.09 Å². The molecule has 0 saturated heterocycles. The second-order valence-corrected chi connectivity index (χ2v) is 6.48. The van der Waals surface area contributed by atoms with Crippen molar-refractivity contribution in [2.24, 2.45) is 0 Å². The molecule has 0 fully saturated rings. The fourth-order valence-electron chi connectivity index (χ4n) is 2.65. The Bertz CT molecular complexity index is 858. The van der Waals surface area contributed by atoms with Crippen LogP contribution in [0.2, 0.25) is 0 Å². The van der Waals surface area contributed by atoms with Crippen molar-refractivity contribution in [2.75, 3.05) is 0 Å². The van der Waals surface area contributed by atoms with Gasteiger partial charge >= 0.3 is 6.09 Å². The Balaban J connectivity index is 1.70. The van der Waals surface area contributed by atoms with Gasteiger partial charge < -0.3 is 4.74 Å². The van der Waals surface area contributed by atoms with Gasteiger partial charge in [0.2, 0.25) is 5.88 Å². The maximum atomic E-state index is 12.1. The molecular formula is C17H14N2O2S. The zero-order valence-electron chi connectivity index (χ0n) is 12.1. The second kappa shape index (κ2) is 5.10. The third kappa shape index (κ3) is 2.33. The highest BCUT2D eigenvalue weighted by Crippen LogP contribution is 2.29. The molecule has 110 valence electrons. The van der Waals surface area contributed by atoms with E-state index in [2.05, 4.69) is 24.0 Å². The molecule has 3 heterocycles. The lowest BCUT2D eigenvalue weighted by atomic mass is 10.1. The highest BCUT2D eigenvalue weighted by Gasteiger charge is 2.26. The van der Waals surface area contributed by atoms with Crippen molar-refractivity contribution < 1.29 is 9.53 Å². The van der Waals surface area contributed by atoms with Gasteiger partial charge in [-0.3, -0.25) is 4.90 Å². The molecule has 1 amide bonds. The number of hydrogen-bond acceptors (Lipinski definition) is 4. The van der Waals surface area contributed by atoms with Crippen LogP contribution in [0.15, 0.2) is 41.8 Å². The summed E-state index contributed by atoms with van der Waals surface area (Å²) in [5.41, 5.74) is 3.00. The van der Waals surface area contributed by atoms with Crippen molar-refractivity contribution in [1.29, 1.82) is 0 Å². The number of benzene rings is 1. The maximum absolute atomic E-state index is 12.1. The number of aryl methyl sites for hydroxylation is 1. The number of ether oxygens (including phenoxy) is 1. The molecule has 0 aliphatic carbocycles. The molecule has 22 heavy (non-hydrogen) atoms. The Hall–Kier alpha value is -2.40. The SMILES string of the molecule is Cc1ccc2nc3c(cc2c1)CN(Cc1cccs1)C(=O)O3. The molecular weight excluding hydrogens is 296 g/mol. The third-order valence-corrected chi connectivity index (χ3v) is 4.60. The molecule has 5 heteroatoms. The van der Waals surface area contributed by atoms with E-state index in [1.165, 1.54) is 5.56 Å². The minimum absolute atomic E-state index is 0.333. The molecule has 0 unspecified atom stereocenters. The average molecular weight is 310 g/mol. The zero-order chi connectivity index (χ0) is 15.1. The van der Waals surface area contributed by atoms with Gasteiger partial charge in [0.25, 0.3) is 0 Å². The van der Waals surface area contributed by atoms with E-state index in [0.29, 0.717) is 19.0 Å². The first-order valence-electron chi connectivity index (χ1n) is 7.08. The van der Waals surface area contributed by atoms with Crippen molar-refractivity contribution in [3.63, 3.8) is 0 Å². The van der Waals surface area contributed by atoms with Crippen molar-refractivity contribution in [1.82, 2.24) is 9.88 Å². The molecule has 1 aliphatic rings. The molecule has 1 aliphatic heterocycles. The molecule has 3 aromatic rings. The van der Waals surface area contributed by atoms with Crippen LogP contribution in [0.5, 0.6) is 5.88 Å². The molecule has 0 bridgehead atoms. The van der Waals surface area contributed by atoms with Crippen LogP contribution in [0.3, 0.4) is 0 Å². The summed E-state index contributed by atoms with van der Waals surface area (Å²) in [5, 5.41) is 3.09. The number of nitrogens with zero attached hydrogens (tertiary/aromatic N) is 2. The van der Waals surface area contributed by atoms with Gasteiger partial charge in [-0.15, -0.1) is 11.3 Å². The van der Waals surface area contributed by atoms with Gasteiger partial charge in [-0.25, -0.2) is 9.78 Å². The third-order valence-electron chi connectivity index (χ3n) is 3.74. The fourth-order valence-corrected chi connectivity index (χ4v) is 3.37. The van der Waals surface area contributed by atoms with Crippen LogP contribution in [0.25, 0.3) is 10.9 Å². The summed E-state index contributed by atoms with van der Waals surface area (Å²) in [7, 11) is 0. The van der Waals surface area contributed by atoms with Crippen LogP contribution in [-0.4, -0.2) is 16.0 Å². The van der Waals surface area contributed by atoms with Gasteiger partial charge in [0.15, 0.2) is 0 Å². The summed E-state index contributed by atoms with van der Waals surface area (Å²) in [5.74, 6) is 0.434. The van der Waals surface area contributed by atoms with Crippen molar-refractivity contribution in [2.45, 2.75) is 20.0 Å². The predicted molar refractivity (Wildman–Crippen MR) is 86.1 cm³/mol. The van der Waals surface area contributed by atoms with Crippen LogP contribution < -0.4 is 4.74 Å². The number of hydrogen-bond donors (Lipinski definition) is 0. The topological polar surface area (TPSA) is 42.4 Å².